The highest BCUT2D eigenvalue weighted by molar-refractivity contribution is 8.00. The van der Waals surface area contributed by atoms with Gasteiger partial charge in [-0.3, -0.25) is 14.9 Å². The molecule has 0 aromatic heterocycles. The third kappa shape index (κ3) is 4.67. The molecule has 23 heavy (non-hydrogen) atoms. The average Bonchev–Trinajstić information content (AvgIpc) is 2.51. The highest BCUT2D eigenvalue weighted by atomic mass is 35.5. The number of thioether (sulfide) groups is 1. The van der Waals surface area contributed by atoms with Crippen molar-refractivity contribution in [3.05, 3.63) is 63.4 Å². The van der Waals surface area contributed by atoms with Crippen LogP contribution in [0, 0.1) is 15.9 Å². The zero-order valence-electron chi connectivity index (χ0n) is 12.0. The summed E-state index contributed by atoms with van der Waals surface area (Å²) < 4.78 is 12.9. The second-order valence-corrected chi connectivity index (χ2v) is 6.45. The minimum Gasteiger partial charge on any atom is -0.324 e. The summed E-state index contributed by atoms with van der Waals surface area (Å²) >= 11 is 7.20. The molecular weight excluding hydrogens is 343 g/mol. The van der Waals surface area contributed by atoms with Crippen molar-refractivity contribution < 1.29 is 14.1 Å². The first-order valence-electron chi connectivity index (χ1n) is 6.54. The van der Waals surface area contributed by atoms with Crippen LogP contribution in [0.3, 0.4) is 0 Å². The molecule has 0 aliphatic heterocycles. The smallest absolute Gasteiger partial charge is 0.271 e. The average molecular weight is 355 g/mol. The molecule has 0 aliphatic carbocycles. The summed E-state index contributed by atoms with van der Waals surface area (Å²) in [7, 11) is 0. The standard InChI is InChI=1S/C15H12ClFN2O3S/c1-9(23-12-5-2-10(17)3-6-12)15(20)18-14-7-4-11(19(21)22)8-13(14)16/h2-9H,1H3,(H,18,20). The van der Waals surface area contributed by atoms with Gasteiger partial charge in [0.25, 0.3) is 5.69 Å². The van der Waals surface area contributed by atoms with Crippen LogP contribution in [0.15, 0.2) is 47.4 Å². The summed E-state index contributed by atoms with van der Waals surface area (Å²) in [5.74, 6) is -0.654. The van der Waals surface area contributed by atoms with Crippen LogP contribution in [-0.2, 0) is 4.79 Å². The second-order valence-electron chi connectivity index (χ2n) is 4.62. The van der Waals surface area contributed by atoms with Crippen molar-refractivity contribution in [2.24, 2.45) is 0 Å². The number of nitro groups is 1. The zero-order chi connectivity index (χ0) is 17.0. The van der Waals surface area contributed by atoms with Gasteiger partial charge in [-0.25, -0.2) is 4.39 Å². The number of carbonyl (C=O) groups excluding carboxylic acids is 1. The lowest BCUT2D eigenvalue weighted by Crippen LogP contribution is -2.22. The van der Waals surface area contributed by atoms with Crippen molar-refractivity contribution >= 4 is 40.6 Å². The van der Waals surface area contributed by atoms with Crippen LogP contribution in [-0.4, -0.2) is 16.1 Å². The van der Waals surface area contributed by atoms with Gasteiger partial charge in [-0.15, -0.1) is 11.8 Å². The molecule has 1 N–H and O–H groups in total. The molecule has 0 saturated heterocycles. The van der Waals surface area contributed by atoms with Crippen LogP contribution in [0.5, 0.6) is 0 Å². The number of carbonyl (C=O) groups is 1. The minimum atomic E-state index is -0.565. The van der Waals surface area contributed by atoms with Gasteiger partial charge in [0.1, 0.15) is 5.82 Å². The molecule has 120 valence electrons. The molecule has 0 saturated carbocycles. The van der Waals surface area contributed by atoms with E-state index in [0.717, 1.165) is 4.90 Å². The van der Waals surface area contributed by atoms with E-state index in [0.29, 0.717) is 5.69 Å². The third-order valence-electron chi connectivity index (χ3n) is 2.92. The number of halogens is 2. The fourth-order valence-electron chi connectivity index (χ4n) is 1.72. The van der Waals surface area contributed by atoms with Gasteiger partial charge in [-0.2, -0.15) is 0 Å². The van der Waals surface area contributed by atoms with E-state index in [4.69, 9.17) is 11.6 Å². The number of hydrogen-bond donors (Lipinski definition) is 1. The molecular formula is C15H12ClFN2O3S. The van der Waals surface area contributed by atoms with Gasteiger partial charge >= 0.3 is 0 Å². The fourth-order valence-corrected chi connectivity index (χ4v) is 2.81. The molecule has 8 heteroatoms. The van der Waals surface area contributed by atoms with Crippen molar-refractivity contribution in [3.63, 3.8) is 0 Å². The highest BCUT2D eigenvalue weighted by Crippen LogP contribution is 2.28. The molecule has 0 bridgehead atoms. The van der Waals surface area contributed by atoms with Gasteiger partial charge in [0.05, 0.1) is 20.9 Å². The number of hydrogen-bond acceptors (Lipinski definition) is 4. The zero-order valence-corrected chi connectivity index (χ0v) is 13.5. The minimum absolute atomic E-state index is 0.0894. The van der Waals surface area contributed by atoms with E-state index in [1.165, 1.54) is 42.1 Å². The van der Waals surface area contributed by atoms with Crippen molar-refractivity contribution in [1.29, 1.82) is 0 Å². The van der Waals surface area contributed by atoms with E-state index in [2.05, 4.69) is 5.32 Å². The molecule has 2 rings (SSSR count). The summed E-state index contributed by atoms with van der Waals surface area (Å²) in [5.41, 5.74) is 0.149. The highest BCUT2D eigenvalue weighted by Gasteiger charge is 2.17. The number of nitrogens with zero attached hydrogens (tertiary/aromatic N) is 1. The van der Waals surface area contributed by atoms with Gasteiger partial charge in [0.2, 0.25) is 5.91 Å². The van der Waals surface area contributed by atoms with Crippen LogP contribution in [0.25, 0.3) is 0 Å². The number of non-ortho nitro benzene ring substituents is 1. The number of nitro benzene ring substituents is 1. The number of benzene rings is 2. The van der Waals surface area contributed by atoms with E-state index in [1.807, 2.05) is 0 Å². The van der Waals surface area contributed by atoms with E-state index < -0.39 is 10.2 Å². The third-order valence-corrected chi connectivity index (χ3v) is 4.34. The Hall–Kier alpha value is -2.12. The van der Waals surface area contributed by atoms with Crippen LogP contribution >= 0.6 is 23.4 Å². The molecule has 5 nitrogen and oxygen atoms in total. The number of nitrogens with one attached hydrogen (secondary N) is 1. The Morgan fingerprint density at radius 2 is 1.96 bits per heavy atom. The Kier molecular flexibility index (Phi) is 5.57. The normalized spacial score (nSPS) is 11.8. The quantitative estimate of drug-likeness (QED) is 0.487. The Balaban J connectivity index is 2.03. The van der Waals surface area contributed by atoms with Crippen molar-refractivity contribution in [2.45, 2.75) is 17.1 Å². The van der Waals surface area contributed by atoms with Crippen LogP contribution in [0.4, 0.5) is 15.8 Å². The molecule has 0 aliphatic rings. The molecule has 0 fully saturated rings. The van der Waals surface area contributed by atoms with E-state index in [1.54, 1.807) is 19.1 Å². The summed E-state index contributed by atoms with van der Waals surface area (Å²) in [6.07, 6.45) is 0. The fraction of sp³-hybridized carbons (Fsp3) is 0.133. The predicted octanol–water partition coefficient (Wildman–Crippen LogP) is 4.51. The topological polar surface area (TPSA) is 72.2 Å². The predicted molar refractivity (Wildman–Crippen MR) is 88.5 cm³/mol. The maximum Gasteiger partial charge on any atom is 0.271 e. The Bertz CT molecular complexity index is 740. The van der Waals surface area contributed by atoms with Crippen LogP contribution in [0.1, 0.15) is 6.92 Å². The maximum absolute atomic E-state index is 12.9. The molecule has 1 amide bonds. The number of anilines is 1. The first-order valence-corrected chi connectivity index (χ1v) is 7.79. The molecule has 2 aromatic rings. The lowest BCUT2D eigenvalue weighted by atomic mass is 10.2. The first-order chi connectivity index (χ1) is 10.9. The van der Waals surface area contributed by atoms with Gasteiger partial charge < -0.3 is 5.32 Å². The van der Waals surface area contributed by atoms with Gasteiger partial charge in [0, 0.05) is 17.0 Å². The summed E-state index contributed by atoms with van der Waals surface area (Å²) in [6.45, 7) is 1.70. The lowest BCUT2D eigenvalue weighted by molar-refractivity contribution is -0.384. The van der Waals surface area contributed by atoms with Crippen molar-refractivity contribution in [3.8, 4) is 0 Å². The van der Waals surface area contributed by atoms with E-state index >= 15 is 0 Å². The van der Waals surface area contributed by atoms with E-state index in [9.17, 15) is 19.3 Å². The van der Waals surface area contributed by atoms with Gasteiger partial charge in [-0.1, -0.05) is 11.6 Å². The second kappa shape index (κ2) is 7.43. The molecule has 2 aromatic carbocycles. The van der Waals surface area contributed by atoms with Gasteiger partial charge in [0.15, 0.2) is 0 Å². The number of amides is 1. The van der Waals surface area contributed by atoms with Crippen LogP contribution in [0.2, 0.25) is 5.02 Å². The molecule has 0 spiro atoms. The van der Waals surface area contributed by atoms with Crippen molar-refractivity contribution in [2.75, 3.05) is 5.32 Å². The van der Waals surface area contributed by atoms with Crippen LogP contribution < -0.4 is 5.32 Å². The Morgan fingerprint density at radius 1 is 1.30 bits per heavy atom. The molecule has 1 atom stereocenters. The summed E-state index contributed by atoms with van der Waals surface area (Å²) in [6, 6.07) is 9.63. The summed E-state index contributed by atoms with van der Waals surface area (Å²) in [5, 5.41) is 12.9. The van der Waals surface area contributed by atoms with E-state index in [-0.39, 0.29) is 22.4 Å². The lowest BCUT2D eigenvalue weighted by Gasteiger charge is -2.13. The Labute approximate surface area is 141 Å². The SMILES string of the molecule is CC(Sc1ccc(F)cc1)C(=O)Nc1ccc([N+](=O)[O-])cc1Cl. The molecule has 0 heterocycles. The summed E-state index contributed by atoms with van der Waals surface area (Å²) in [4.78, 5) is 23.0. The van der Waals surface area contributed by atoms with Crippen molar-refractivity contribution in [1.82, 2.24) is 0 Å². The number of rotatable bonds is 5. The molecule has 1 unspecified atom stereocenters. The molecule has 0 radical (unpaired) electrons. The monoisotopic (exact) mass is 354 g/mol. The Morgan fingerprint density at radius 3 is 2.52 bits per heavy atom. The maximum atomic E-state index is 12.9. The largest absolute Gasteiger partial charge is 0.324 e. The first kappa shape index (κ1) is 17.2. The van der Waals surface area contributed by atoms with Gasteiger partial charge in [-0.05, 0) is 37.3 Å².